The molecule has 0 aliphatic carbocycles. The number of hydrazone groups is 1. The van der Waals surface area contributed by atoms with Crippen LogP contribution in [-0.4, -0.2) is 16.7 Å². The Bertz CT molecular complexity index is 929. The predicted octanol–water partition coefficient (Wildman–Crippen LogP) is 4.51. The van der Waals surface area contributed by atoms with Crippen molar-refractivity contribution < 1.29 is 4.79 Å². The summed E-state index contributed by atoms with van der Waals surface area (Å²) in [4.78, 5) is 12.1. The largest absolute Gasteiger partial charge is 0.321 e. The first-order chi connectivity index (χ1) is 12.0. The van der Waals surface area contributed by atoms with Crippen molar-refractivity contribution in [2.75, 3.05) is 0 Å². The monoisotopic (exact) mass is 351 g/mol. The van der Waals surface area contributed by atoms with E-state index in [0.717, 1.165) is 22.5 Å². The van der Waals surface area contributed by atoms with Crippen LogP contribution < -0.4 is 5.43 Å². The second-order valence-electron chi connectivity index (χ2n) is 5.80. The normalized spacial score (nSPS) is 11.0. The maximum atomic E-state index is 12.1. The lowest BCUT2D eigenvalue weighted by Gasteiger charge is -2.04. The number of halogens is 1. The fourth-order valence-electron chi connectivity index (χ4n) is 2.57. The van der Waals surface area contributed by atoms with Crippen molar-refractivity contribution in [2.24, 2.45) is 5.10 Å². The van der Waals surface area contributed by atoms with E-state index in [1.54, 1.807) is 18.3 Å². The highest BCUT2D eigenvalue weighted by Crippen LogP contribution is 2.17. The maximum Gasteiger partial charge on any atom is 0.272 e. The molecule has 1 aromatic heterocycles. The van der Waals surface area contributed by atoms with Gasteiger partial charge in [0.2, 0.25) is 0 Å². The van der Waals surface area contributed by atoms with Crippen LogP contribution in [0, 0.1) is 13.8 Å². The molecule has 0 spiro atoms. The molecule has 0 aliphatic heterocycles. The summed E-state index contributed by atoms with van der Waals surface area (Å²) < 4.78 is 2.07. The van der Waals surface area contributed by atoms with E-state index in [1.165, 1.54) is 0 Å². The molecule has 0 saturated carbocycles. The van der Waals surface area contributed by atoms with Crippen LogP contribution in [0.15, 0.2) is 65.9 Å². The molecule has 0 bridgehead atoms. The summed E-state index contributed by atoms with van der Waals surface area (Å²) in [5.41, 5.74) is 6.98. The summed E-state index contributed by atoms with van der Waals surface area (Å²) in [6, 6.07) is 17.3. The lowest BCUT2D eigenvalue weighted by Crippen LogP contribution is -2.18. The van der Waals surface area contributed by atoms with Crippen LogP contribution >= 0.6 is 11.6 Å². The molecule has 5 heteroatoms. The molecule has 0 saturated heterocycles. The minimum absolute atomic E-state index is 0.333. The first kappa shape index (κ1) is 17.0. The molecular weight excluding hydrogens is 334 g/mol. The van der Waals surface area contributed by atoms with Gasteiger partial charge in [0, 0.05) is 23.1 Å². The van der Waals surface area contributed by atoms with Gasteiger partial charge < -0.3 is 4.57 Å². The number of hydrogen-bond donors (Lipinski definition) is 1. The topological polar surface area (TPSA) is 46.4 Å². The Balaban J connectivity index is 1.72. The zero-order valence-electron chi connectivity index (χ0n) is 14.0. The molecule has 0 radical (unpaired) electrons. The SMILES string of the molecule is Cc1ccc(C(=O)N/N=C\c2cc(C)n(-c3ccccc3)c2)c(Cl)c1. The Kier molecular flexibility index (Phi) is 5.00. The Labute approximate surface area is 151 Å². The van der Waals surface area contributed by atoms with Gasteiger partial charge in [0.15, 0.2) is 0 Å². The fourth-order valence-corrected chi connectivity index (χ4v) is 2.89. The minimum Gasteiger partial charge on any atom is -0.321 e. The molecule has 0 unspecified atom stereocenters. The van der Waals surface area contributed by atoms with Crippen LogP contribution in [0.5, 0.6) is 0 Å². The van der Waals surface area contributed by atoms with Crippen molar-refractivity contribution >= 4 is 23.7 Å². The van der Waals surface area contributed by atoms with E-state index in [2.05, 4.69) is 15.1 Å². The number of carbonyl (C=O) groups excluding carboxylic acids is 1. The minimum atomic E-state index is -0.333. The number of benzene rings is 2. The summed E-state index contributed by atoms with van der Waals surface area (Å²) in [6.07, 6.45) is 3.59. The molecule has 1 amide bonds. The van der Waals surface area contributed by atoms with Crippen LogP contribution in [0.3, 0.4) is 0 Å². The van der Waals surface area contributed by atoms with E-state index in [-0.39, 0.29) is 5.91 Å². The molecule has 0 fully saturated rings. The van der Waals surface area contributed by atoms with Crippen molar-refractivity contribution in [3.63, 3.8) is 0 Å². The van der Waals surface area contributed by atoms with Crippen LogP contribution in [0.25, 0.3) is 5.69 Å². The fraction of sp³-hybridized carbons (Fsp3) is 0.100. The van der Waals surface area contributed by atoms with Gasteiger partial charge in [-0.05, 0) is 49.7 Å². The van der Waals surface area contributed by atoms with Crippen molar-refractivity contribution in [1.29, 1.82) is 0 Å². The van der Waals surface area contributed by atoms with Gasteiger partial charge in [-0.3, -0.25) is 4.79 Å². The lowest BCUT2D eigenvalue weighted by molar-refractivity contribution is 0.0955. The van der Waals surface area contributed by atoms with Crippen LogP contribution in [0.4, 0.5) is 0 Å². The zero-order chi connectivity index (χ0) is 17.8. The van der Waals surface area contributed by atoms with Crippen molar-refractivity contribution in [3.8, 4) is 5.69 Å². The van der Waals surface area contributed by atoms with Gasteiger partial charge in [-0.25, -0.2) is 5.43 Å². The smallest absolute Gasteiger partial charge is 0.272 e. The number of nitrogens with zero attached hydrogens (tertiary/aromatic N) is 2. The molecule has 0 atom stereocenters. The van der Waals surface area contributed by atoms with Crippen LogP contribution in [-0.2, 0) is 0 Å². The van der Waals surface area contributed by atoms with Gasteiger partial charge in [-0.15, -0.1) is 0 Å². The average Bonchev–Trinajstić information content (AvgIpc) is 2.96. The zero-order valence-corrected chi connectivity index (χ0v) is 14.8. The molecule has 2 aromatic carbocycles. The van der Waals surface area contributed by atoms with Gasteiger partial charge >= 0.3 is 0 Å². The summed E-state index contributed by atoms with van der Waals surface area (Å²) >= 11 is 6.10. The quantitative estimate of drug-likeness (QED) is 0.545. The third-order valence-corrected chi connectivity index (χ3v) is 4.13. The first-order valence-corrected chi connectivity index (χ1v) is 8.26. The molecule has 25 heavy (non-hydrogen) atoms. The Morgan fingerprint density at radius 3 is 2.60 bits per heavy atom. The second-order valence-corrected chi connectivity index (χ2v) is 6.21. The number of hydrogen-bond acceptors (Lipinski definition) is 2. The van der Waals surface area contributed by atoms with Gasteiger partial charge in [0.05, 0.1) is 16.8 Å². The second kappa shape index (κ2) is 7.36. The highest BCUT2D eigenvalue weighted by atomic mass is 35.5. The molecule has 1 heterocycles. The van der Waals surface area contributed by atoms with E-state index < -0.39 is 0 Å². The number of nitrogens with one attached hydrogen (secondary N) is 1. The van der Waals surface area contributed by atoms with Gasteiger partial charge in [-0.2, -0.15) is 5.10 Å². The summed E-state index contributed by atoms with van der Waals surface area (Å²) in [6.45, 7) is 3.94. The van der Waals surface area contributed by atoms with Crippen molar-refractivity contribution in [1.82, 2.24) is 9.99 Å². The molecular formula is C20H18ClN3O. The molecule has 126 valence electrons. The molecule has 3 rings (SSSR count). The number of rotatable bonds is 4. The standard InChI is InChI=1S/C20H18ClN3O/c1-14-8-9-18(19(21)10-14)20(25)23-22-12-16-11-15(2)24(13-16)17-6-4-3-5-7-17/h3-13H,1-2H3,(H,23,25)/b22-12-. The summed E-state index contributed by atoms with van der Waals surface area (Å²) in [7, 11) is 0. The third kappa shape index (κ3) is 3.98. The Morgan fingerprint density at radius 1 is 1.12 bits per heavy atom. The van der Waals surface area contributed by atoms with E-state index in [0.29, 0.717) is 10.6 Å². The molecule has 1 N–H and O–H groups in total. The van der Waals surface area contributed by atoms with E-state index in [9.17, 15) is 4.79 Å². The summed E-state index contributed by atoms with van der Waals surface area (Å²) in [5.74, 6) is -0.333. The molecule has 3 aromatic rings. The van der Waals surface area contributed by atoms with E-state index >= 15 is 0 Å². The number of para-hydroxylation sites is 1. The van der Waals surface area contributed by atoms with E-state index in [4.69, 9.17) is 11.6 Å². The van der Waals surface area contributed by atoms with Crippen LogP contribution in [0.1, 0.15) is 27.2 Å². The van der Waals surface area contributed by atoms with Gasteiger partial charge in [-0.1, -0.05) is 35.9 Å². The predicted molar refractivity (Wildman–Crippen MR) is 102 cm³/mol. The number of aromatic nitrogens is 1. The van der Waals surface area contributed by atoms with Crippen LogP contribution in [0.2, 0.25) is 5.02 Å². The van der Waals surface area contributed by atoms with E-state index in [1.807, 2.05) is 62.5 Å². The molecule has 0 aliphatic rings. The highest BCUT2D eigenvalue weighted by molar-refractivity contribution is 6.33. The van der Waals surface area contributed by atoms with Gasteiger partial charge in [0.1, 0.15) is 0 Å². The number of carbonyl (C=O) groups is 1. The first-order valence-electron chi connectivity index (χ1n) is 7.88. The number of aryl methyl sites for hydroxylation is 2. The third-order valence-electron chi connectivity index (χ3n) is 3.82. The Morgan fingerprint density at radius 2 is 1.88 bits per heavy atom. The maximum absolute atomic E-state index is 12.1. The highest BCUT2D eigenvalue weighted by Gasteiger charge is 2.09. The summed E-state index contributed by atoms with van der Waals surface area (Å²) in [5, 5.41) is 4.45. The number of amides is 1. The lowest BCUT2D eigenvalue weighted by atomic mass is 10.1. The van der Waals surface area contributed by atoms with Crippen molar-refractivity contribution in [2.45, 2.75) is 13.8 Å². The van der Waals surface area contributed by atoms with Crippen molar-refractivity contribution in [3.05, 3.63) is 88.2 Å². The van der Waals surface area contributed by atoms with Gasteiger partial charge in [0.25, 0.3) is 5.91 Å². The average molecular weight is 352 g/mol. The Hall–Kier alpha value is -2.85. The molecule has 4 nitrogen and oxygen atoms in total.